The fourth-order valence-corrected chi connectivity index (χ4v) is 6.23. The average molecular weight is 550 g/mol. The van der Waals surface area contributed by atoms with Crippen molar-refractivity contribution in [1.29, 1.82) is 0 Å². The molecule has 1 saturated carbocycles. The van der Waals surface area contributed by atoms with Crippen molar-refractivity contribution in [3.63, 3.8) is 0 Å². The molecular formula is C29H39N7O4. The van der Waals surface area contributed by atoms with E-state index >= 15 is 0 Å². The molecule has 1 saturated heterocycles. The van der Waals surface area contributed by atoms with E-state index in [0.717, 1.165) is 58.3 Å². The van der Waals surface area contributed by atoms with Crippen LogP contribution in [0.15, 0.2) is 41.8 Å². The number of nitrogens with one attached hydrogen (secondary N) is 2. The number of hydrogen-bond acceptors (Lipinski definition) is 9. The quantitative estimate of drug-likeness (QED) is 0.319. The molecule has 0 unspecified atom stereocenters. The van der Waals surface area contributed by atoms with Crippen LogP contribution in [0.3, 0.4) is 0 Å². The fraction of sp³-hybridized carbons (Fsp3) is 0.552. The summed E-state index contributed by atoms with van der Waals surface area (Å²) < 4.78 is 0. The maximum absolute atomic E-state index is 12.7. The molecule has 1 atom stereocenters. The molecule has 0 bridgehead atoms. The summed E-state index contributed by atoms with van der Waals surface area (Å²) in [6.45, 7) is 5.47. The first-order chi connectivity index (χ1) is 19.3. The molecule has 3 N–H and O–H groups in total. The van der Waals surface area contributed by atoms with Gasteiger partial charge >= 0.3 is 0 Å². The summed E-state index contributed by atoms with van der Waals surface area (Å²) in [5.41, 5.74) is 3.55. The molecule has 1 spiro atoms. The Bertz CT molecular complexity index is 1240. The van der Waals surface area contributed by atoms with Gasteiger partial charge < -0.3 is 25.5 Å². The van der Waals surface area contributed by atoms with Gasteiger partial charge in [-0.2, -0.15) is 0 Å². The highest BCUT2D eigenvalue weighted by Gasteiger charge is 2.46. The van der Waals surface area contributed by atoms with Crippen molar-refractivity contribution in [2.45, 2.75) is 57.7 Å². The summed E-state index contributed by atoms with van der Waals surface area (Å²) in [6.07, 6.45) is 5.61. The molecule has 2 amide bonds. The number of rotatable bonds is 9. The average Bonchev–Trinajstić information content (AvgIpc) is 2.95. The van der Waals surface area contributed by atoms with E-state index in [1.165, 1.54) is 24.6 Å². The van der Waals surface area contributed by atoms with E-state index in [-0.39, 0.29) is 35.5 Å². The minimum atomic E-state index is -0.669. The number of piperidine rings is 1. The van der Waals surface area contributed by atoms with Gasteiger partial charge in [-0.3, -0.25) is 14.5 Å². The molecule has 2 aromatic rings. The number of aliphatic hydroxyl groups is 1. The third-order valence-electron chi connectivity index (χ3n) is 8.44. The van der Waals surface area contributed by atoms with Crippen LogP contribution in [0.5, 0.6) is 0 Å². The van der Waals surface area contributed by atoms with E-state index in [1.807, 2.05) is 11.0 Å². The number of carbonyl (C=O) groups is 2. The Hall–Kier alpha value is -3.57. The van der Waals surface area contributed by atoms with Crippen LogP contribution in [0.2, 0.25) is 0 Å². The van der Waals surface area contributed by atoms with Crippen LogP contribution in [0.4, 0.5) is 5.82 Å². The number of amides is 2. The maximum Gasteiger partial charge on any atom is 0.271 e. The Morgan fingerprint density at radius 1 is 1.18 bits per heavy atom. The standard InChI is InChI=1S/C29H39N7O4/c1-20(34-40-2)28(39)36-11-8-29(9-12-36)14-23(15-29)33-26-13-25(31-19-32-26)27(38)30-16-24(37)18-35-10-7-21-5-3-4-6-22(21)17-35/h3-6,13,19,23-24,37H,7-12,14-18H2,1-2H3,(H,30,38)(H,31,32,33)/t24-/m0/s1. The third-order valence-corrected chi connectivity index (χ3v) is 8.44. The summed E-state index contributed by atoms with van der Waals surface area (Å²) in [4.78, 5) is 42.4. The van der Waals surface area contributed by atoms with Crippen molar-refractivity contribution in [3.05, 3.63) is 53.5 Å². The van der Waals surface area contributed by atoms with Gasteiger partial charge in [0, 0.05) is 51.4 Å². The lowest BCUT2D eigenvalue weighted by Crippen LogP contribution is -2.53. The summed E-state index contributed by atoms with van der Waals surface area (Å²) in [5, 5.41) is 20.5. The molecule has 5 rings (SSSR count). The lowest BCUT2D eigenvalue weighted by Gasteiger charge is -2.52. The molecule has 214 valence electrons. The second-order valence-electron chi connectivity index (χ2n) is 11.3. The van der Waals surface area contributed by atoms with Gasteiger partial charge in [-0.1, -0.05) is 29.4 Å². The first-order valence-electron chi connectivity index (χ1n) is 14.1. The summed E-state index contributed by atoms with van der Waals surface area (Å²) in [5.74, 6) is 0.219. The van der Waals surface area contributed by atoms with Gasteiger partial charge in [0.1, 0.15) is 30.7 Å². The minimum Gasteiger partial charge on any atom is -0.399 e. The van der Waals surface area contributed by atoms with E-state index in [0.29, 0.717) is 18.1 Å². The Balaban J connectivity index is 1.04. The van der Waals surface area contributed by atoms with Gasteiger partial charge in [-0.15, -0.1) is 0 Å². The van der Waals surface area contributed by atoms with Crippen LogP contribution in [-0.2, 0) is 22.6 Å². The van der Waals surface area contributed by atoms with Crippen molar-refractivity contribution < 1.29 is 19.5 Å². The summed E-state index contributed by atoms with van der Waals surface area (Å²) >= 11 is 0. The van der Waals surface area contributed by atoms with E-state index in [4.69, 9.17) is 4.84 Å². The van der Waals surface area contributed by atoms with Crippen molar-refractivity contribution in [3.8, 4) is 0 Å². The lowest BCUT2D eigenvalue weighted by molar-refractivity contribution is -0.127. The van der Waals surface area contributed by atoms with Gasteiger partial charge in [0.05, 0.1) is 6.10 Å². The van der Waals surface area contributed by atoms with Gasteiger partial charge in [0.25, 0.3) is 11.8 Å². The van der Waals surface area contributed by atoms with Crippen molar-refractivity contribution in [2.75, 3.05) is 45.2 Å². The molecule has 1 aliphatic carbocycles. The van der Waals surface area contributed by atoms with E-state index in [9.17, 15) is 14.7 Å². The SMILES string of the molecule is CON=C(C)C(=O)N1CCC2(CC1)CC(Nc1cc(C(=O)NC[C@H](O)CN3CCc4ccccc4C3)ncn1)C2. The fourth-order valence-electron chi connectivity index (χ4n) is 6.23. The predicted octanol–water partition coefficient (Wildman–Crippen LogP) is 1.83. The van der Waals surface area contributed by atoms with E-state index in [1.54, 1.807) is 13.0 Å². The summed E-state index contributed by atoms with van der Waals surface area (Å²) in [6, 6.07) is 10.3. The lowest BCUT2D eigenvalue weighted by atomic mass is 9.60. The maximum atomic E-state index is 12.7. The topological polar surface area (TPSA) is 132 Å². The predicted molar refractivity (Wildman–Crippen MR) is 151 cm³/mol. The number of likely N-dealkylation sites (tertiary alicyclic amines) is 1. The molecule has 1 aromatic carbocycles. The number of nitrogens with zero attached hydrogens (tertiary/aromatic N) is 5. The third kappa shape index (κ3) is 6.59. The van der Waals surface area contributed by atoms with Crippen LogP contribution in [0.25, 0.3) is 0 Å². The van der Waals surface area contributed by atoms with Gasteiger partial charge in [0.2, 0.25) is 0 Å². The molecule has 11 nitrogen and oxygen atoms in total. The number of aromatic nitrogens is 2. The highest BCUT2D eigenvalue weighted by Crippen LogP contribution is 2.49. The van der Waals surface area contributed by atoms with Crippen LogP contribution in [0.1, 0.15) is 54.2 Å². The molecule has 2 fully saturated rings. The summed E-state index contributed by atoms with van der Waals surface area (Å²) in [7, 11) is 1.44. The minimum absolute atomic E-state index is 0.0673. The Morgan fingerprint density at radius 2 is 1.93 bits per heavy atom. The van der Waals surface area contributed by atoms with Crippen molar-refractivity contribution in [2.24, 2.45) is 10.6 Å². The van der Waals surface area contributed by atoms with Crippen molar-refractivity contribution in [1.82, 2.24) is 25.1 Å². The van der Waals surface area contributed by atoms with Crippen LogP contribution < -0.4 is 10.6 Å². The second-order valence-corrected chi connectivity index (χ2v) is 11.3. The Kier molecular flexibility index (Phi) is 8.60. The van der Waals surface area contributed by atoms with Crippen LogP contribution in [-0.4, -0.2) is 94.4 Å². The number of oxime groups is 1. The smallest absolute Gasteiger partial charge is 0.271 e. The van der Waals surface area contributed by atoms with Crippen molar-refractivity contribution >= 4 is 23.3 Å². The zero-order valence-electron chi connectivity index (χ0n) is 23.3. The van der Waals surface area contributed by atoms with Gasteiger partial charge in [-0.25, -0.2) is 9.97 Å². The molecule has 3 heterocycles. The number of β-amino-alcohol motifs (C(OH)–C–C–N with tert-alkyl or cyclic N) is 1. The number of hydrogen-bond donors (Lipinski definition) is 3. The highest BCUT2D eigenvalue weighted by atomic mass is 16.6. The van der Waals surface area contributed by atoms with Gasteiger partial charge in [0.15, 0.2) is 0 Å². The number of benzene rings is 1. The molecule has 0 radical (unpaired) electrons. The number of fused-ring (bicyclic) bond motifs is 1. The molecule has 3 aliphatic rings. The molecule has 2 aliphatic heterocycles. The molecule has 1 aromatic heterocycles. The first-order valence-corrected chi connectivity index (χ1v) is 14.1. The van der Waals surface area contributed by atoms with E-state index < -0.39 is 6.10 Å². The zero-order valence-corrected chi connectivity index (χ0v) is 23.3. The van der Waals surface area contributed by atoms with E-state index in [2.05, 4.69) is 48.9 Å². The Labute approximate surface area is 235 Å². The molecule has 11 heteroatoms. The molecular weight excluding hydrogens is 510 g/mol. The Morgan fingerprint density at radius 3 is 2.67 bits per heavy atom. The zero-order chi connectivity index (χ0) is 28.1. The van der Waals surface area contributed by atoms with Gasteiger partial charge in [-0.05, 0) is 55.6 Å². The number of aliphatic hydroxyl groups excluding tert-OH is 1. The highest BCUT2D eigenvalue weighted by molar-refractivity contribution is 6.37. The monoisotopic (exact) mass is 549 g/mol. The largest absolute Gasteiger partial charge is 0.399 e. The number of anilines is 1. The number of carbonyl (C=O) groups excluding carboxylic acids is 2. The van der Waals surface area contributed by atoms with Crippen LogP contribution in [0, 0.1) is 5.41 Å². The second kappa shape index (κ2) is 12.3. The molecule has 40 heavy (non-hydrogen) atoms. The normalized spacial score (nSPS) is 19.9. The van der Waals surface area contributed by atoms with Crippen LogP contribution >= 0.6 is 0 Å². The first kappa shape index (κ1) is 28.0.